The Morgan fingerprint density at radius 3 is 0.909 bits per heavy atom. The number of rotatable bonds is 2. The number of hydrogen-bond donors (Lipinski definition) is 0. The van der Waals surface area contributed by atoms with Crippen molar-refractivity contribution >= 4 is 39.5 Å². The van der Waals surface area contributed by atoms with Gasteiger partial charge in [-0.2, -0.15) is 0 Å². The molecular formula is C6H18IMgNSi2. The summed E-state index contributed by atoms with van der Waals surface area (Å²) in [4.78, 5) is 0. The standard InChI is InChI=1S/C6H18NSi2.HI.Mg/c1-8(2,3)7-9(4,5)6;;/h1-6H3;1H;/q-1;;+2/p-1. The molecule has 0 aliphatic heterocycles. The smallest absolute Gasteiger partial charge is 1.00 e. The van der Waals surface area contributed by atoms with Crippen LogP contribution in [0.15, 0.2) is 0 Å². The van der Waals surface area contributed by atoms with Gasteiger partial charge in [0.2, 0.25) is 0 Å². The summed E-state index contributed by atoms with van der Waals surface area (Å²) in [7, 11) is -2.21. The molecule has 0 unspecified atom stereocenters. The Kier molecular flexibility index (Phi) is 10.8. The van der Waals surface area contributed by atoms with Crippen LogP contribution < -0.4 is 24.0 Å². The molecular weight excluding hydrogens is 293 g/mol. The first-order chi connectivity index (χ1) is 3.71. The third kappa shape index (κ3) is 18.7. The van der Waals surface area contributed by atoms with Gasteiger partial charge in [-0.3, -0.25) is 0 Å². The van der Waals surface area contributed by atoms with Crippen molar-refractivity contribution < 1.29 is 24.0 Å². The van der Waals surface area contributed by atoms with Gasteiger partial charge in [0.1, 0.15) is 0 Å². The van der Waals surface area contributed by atoms with E-state index >= 15 is 0 Å². The van der Waals surface area contributed by atoms with Crippen molar-refractivity contribution in [3.63, 3.8) is 0 Å². The van der Waals surface area contributed by atoms with Gasteiger partial charge in [-0.25, -0.2) is 0 Å². The van der Waals surface area contributed by atoms with E-state index in [9.17, 15) is 0 Å². The van der Waals surface area contributed by atoms with E-state index in [0.29, 0.717) is 0 Å². The number of hydrogen-bond acceptors (Lipinski definition) is 0. The summed E-state index contributed by atoms with van der Waals surface area (Å²) in [6, 6.07) is 0. The third-order valence-corrected chi connectivity index (χ3v) is 6.04. The van der Waals surface area contributed by atoms with Crippen LogP contribution in [0.1, 0.15) is 0 Å². The molecule has 1 nitrogen and oxygen atoms in total. The molecule has 0 spiro atoms. The summed E-state index contributed by atoms with van der Waals surface area (Å²) in [6.07, 6.45) is 0. The molecule has 0 fully saturated rings. The van der Waals surface area contributed by atoms with Gasteiger partial charge < -0.3 is 28.6 Å². The van der Waals surface area contributed by atoms with Crippen molar-refractivity contribution in [2.75, 3.05) is 0 Å². The minimum absolute atomic E-state index is 0. The Morgan fingerprint density at radius 1 is 0.727 bits per heavy atom. The van der Waals surface area contributed by atoms with Crippen LogP contribution in [0.3, 0.4) is 0 Å². The molecule has 0 N–H and O–H groups in total. The van der Waals surface area contributed by atoms with Crippen molar-refractivity contribution in [3.05, 3.63) is 4.65 Å². The van der Waals surface area contributed by atoms with Crippen LogP contribution in [0.25, 0.3) is 4.65 Å². The molecule has 0 bridgehead atoms. The minimum Gasteiger partial charge on any atom is -1.00 e. The molecule has 0 saturated carbocycles. The molecule has 11 heavy (non-hydrogen) atoms. The van der Waals surface area contributed by atoms with Gasteiger partial charge in [-0.1, -0.05) is 55.8 Å². The second kappa shape index (κ2) is 6.36. The van der Waals surface area contributed by atoms with E-state index in [1.165, 1.54) is 0 Å². The molecule has 0 aliphatic carbocycles. The van der Waals surface area contributed by atoms with E-state index in [0.717, 1.165) is 0 Å². The molecule has 0 atom stereocenters. The summed E-state index contributed by atoms with van der Waals surface area (Å²) >= 11 is 0. The maximum atomic E-state index is 4.82. The Balaban J connectivity index is -0.000000320. The van der Waals surface area contributed by atoms with Crippen LogP contribution in [-0.2, 0) is 0 Å². The predicted molar refractivity (Wildman–Crippen MR) is 55.8 cm³/mol. The Labute approximate surface area is 106 Å². The van der Waals surface area contributed by atoms with Crippen LogP contribution in [-0.4, -0.2) is 39.5 Å². The van der Waals surface area contributed by atoms with Crippen LogP contribution >= 0.6 is 0 Å². The summed E-state index contributed by atoms with van der Waals surface area (Å²) in [5, 5.41) is 0. The van der Waals surface area contributed by atoms with Crippen LogP contribution in [0.2, 0.25) is 39.3 Å². The quantitative estimate of drug-likeness (QED) is 0.489. The first kappa shape index (κ1) is 18.6. The van der Waals surface area contributed by atoms with Crippen molar-refractivity contribution in [2.45, 2.75) is 39.3 Å². The maximum absolute atomic E-state index is 4.82. The Bertz CT molecular complexity index is 85.7. The summed E-state index contributed by atoms with van der Waals surface area (Å²) < 4.78 is 4.82. The van der Waals surface area contributed by atoms with Crippen molar-refractivity contribution in [2.24, 2.45) is 0 Å². The molecule has 0 saturated heterocycles. The SMILES string of the molecule is C[Si](C)(C)[N-][Si](C)(C)C.[I-].[Mg+2]. The van der Waals surface area contributed by atoms with Gasteiger partial charge in [0, 0.05) is 0 Å². The average molecular weight is 312 g/mol. The number of nitrogens with zero attached hydrogens (tertiary/aromatic N) is 1. The topological polar surface area (TPSA) is 14.1 Å². The second-order valence-electron chi connectivity index (χ2n) is 4.45. The Morgan fingerprint density at radius 2 is 0.909 bits per heavy atom. The molecule has 0 rings (SSSR count). The summed E-state index contributed by atoms with van der Waals surface area (Å²) in [6.45, 7) is 13.8. The van der Waals surface area contributed by atoms with Gasteiger partial charge in [-0.05, 0) is 0 Å². The first-order valence-electron chi connectivity index (χ1n) is 3.45. The van der Waals surface area contributed by atoms with E-state index in [1.54, 1.807) is 0 Å². The molecule has 0 radical (unpaired) electrons. The van der Waals surface area contributed by atoms with Gasteiger partial charge in [0.05, 0.1) is 0 Å². The maximum Gasteiger partial charge on any atom is 2.00 e. The molecule has 0 aromatic rings. The zero-order valence-corrected chi connectivity index (χ0v) is 14.1. The van der Waals surface area contributed by atoms with Crippen molar-refractivity contribution in [3.8, 4) is 0 Å². The molecule has 0 aliphatic rings. The molecule has 0 aromatic heterocycles. The first-order valence-corrected chi connectivity index (χ1v) is 10.3. The van der Waals surface area contributed by atoms with Crippen LogP contribution in [0, 0.1) is 0 Å². The van der Waals surface area contributed by atoms with Gasteiger partial charge in [0.25, 0.3) is 0 Å². The summed E-state index contributed by atoms with van der Waals surface area (Å²) in [5.41, 5.74) is 0. The fourth-order valence-electron chi connectivity index (χ4n) is 1.01. The van der Waals surface area contributed by atoms with Gasteiger partial charge in [0.15, 0.2) is 0 Å². The molecule has 64 valence electrons. The van der Waals surface area contributed by atoms with E-state index in [4.69, 9.17) is 4.65 Å². The van der Waals surface area contributed by atoms with Gasteiger partial charge in [-0.15, -0.1) is 0 Å². The monoisotopic (exact) mass is 311 g/mol. The molecule has 0 aromatic carbocycles. The molecule has 5 heteroatoms. The van der Waals surface area contributed by atoms with Gasteiger partial charge >= 0.3 is 23.1 Å². The summed E-state index contributed by atoms with van der Waals surface area (Å²) in [5.74, 6) is 0. The average Bonchev–Trinajstić information content (AvgIpc) is 1.14. The normalized spacial score (nSPS) is 11.5. The van der Waals surface area contributed by atoms with Crippen molar-refractivity contribution in [1.82, 2.24) is 0 Å². The third-order valence-electron chi connectivity index (χ3n) is 0.671. The Hall–Kier alpha value is 1.89. The molecule has 0 heterocycles. The fraction of sp³-hybridized carbons (Fsp3) is 1.00. The zero-order chi connectivity index (χ0) is 7.71. The van der Waals surface area contributed by atoms with Crippen LogP contribution in [0.5, 0.6) is 0 Å². The van der Waals surface area contributed by atoms with E-state index < -0.39 is 16.5 Å². The zero-order valence-electron chi connectivity index (χ0n) is 8.53. The predicted octanol–water partition coefficient (Wildman–Crippen LogP) is -0.347. The van der Waals surface area contributed by atoms with Crippen molar-refractivity contribution in [1.29, 1.82) is 0 Å². The largest absolute Gasteiger partial charge is 2.00 e. The second-order valence-corrected chi connectivity index (χ2v) is 14.0. The van der Waals surface area contributed by atoms with E-state index in [1.807, 2.05) is 0 Å². The van der Waals surface area contributed by atoms with E-state index in [2.05, 4.69) is 39.3 Å². The van der Waals surface area contributed by atoms with Crippen LogP contribution in [0.4, 0.5) is 0 Å². The number of halogens is 1. The minimum atomic E-state index is -1.11. The van der Waals surface area contributed by atoms with E-state index in [-0.39, 0.29) is 47.0 Å². The molecule has 0 amide bonds. The fourth-order valence-corrected chi connectivity index (χ4v) is 9.06.